The smallest absolute Gasteiger partial charge is 0.316 e. The minimum atomic E-state index is -3.70. The third kappa shape index (κ3) is 4.57. The number of nitrogens with one attached hydrogen (secondary N) is 1. The van der Waals surface area contributed by atoms with Crippen LogP contribution in [0.4, 0.5) is 0 Å². The number of nitrogens with zero attached hydrogens (tertiary/aromatic N) is 2. The molecule has 2 aromatic carbocycles. The molecule has 1 N–H and O–H groups in total. The van der Waals surface area contributed by atoms with Crippen LogP contribution in [0, 0.1) is 5.92 Å². The first-order valence-corrected chi connectivity index (χ1v) is 13.3. The normalized spacial score (nSPS) is 21.0. The van der Waals surface area contributed by atoms with Crippen molar-refractivity contribution in [3.8, 4) is 0 Å². The number of amides is 1. The Labute approximate surface area is 206 Å². The molecule has 2 aromatic rings. The molecule has 0 radical (unpaired) electrons. The number of rotatable bonds is 6. The highest BCUT2D eigenvalue weighted by Crippen LogP contribution is 2.37. The molecule has 0 aliphatic carbocycles. The summed E-state index contributed by atoms with van der Waals surface area (Å²) in [5, 5.41) is 0. The summed E-state index contributed by atoms with van der Waals surface area (Å²) in [6.45, 7) is 4.67. The minimum absolute atomic E-state index is 0.103. The Morgan fingerprint density at radius 1 is 1.09 bits per heavy atom. The molecule has 9 heteroatoms. The van der Waals surface area contributed by atoms with Crippen LogP contribution in [0.15, 0.2) is 64.5 Å². The molecule has 2 aliphatic heterocycles. The standard InChI is InChI=1S/C26H31N3O5S/c1-4-18(2)22(27-23-20-12-8-9-13-21(20)35(32,33)28-23)24(30)29-16-14-26(15-17-29,25(31)34-3)19-10-6-5-7-11-19/h5-13,18,22H,4,14-17H2,1-3H3,(H,27,28)/t18-,22-/m0/s1. The van der Waals surface area contributed by atoms with Gasteiger partial charge in [0.05, 0.1) is 17.4 Å². The Kier molecular flexibility index (Phi) is 6.98. The fraction of sp³-hybridized carbons (Fsp3) is 0.423. The van der Waals surface area contributed by atoms with Crippen molar-refractivity contribution < 1.29 is 22.7 Å². The van der Waals surface area contributed by atoms with E-state index in [4.69, 9.17) is 4.74 Å². The molecule has 35 heavy (non-hydrogen) atoms. The first kappa shape index (κ1) is 24.9. The average molecular weight is 498 g/mol. The van der Waals surface area contributed by atoms with Crippen LogP contribution in [0.25, 0.3) is 0 Å². The molecule has 4 rings (SSSR count). The van der Waals surface area contributed by atoms with Crippen molar-refractivity contribution in [1.29, 1.82) is 0 Å². The quantitative estimate of drug-likeness (QED) is 0.618. The predicted molar refractivity (Wildman–Crippen MR) is 132 cm³/mol. The highest BCUT2D eigenvalue weighted by molar-refractivity contribution is 7.90. The predicted octanol–water partition coefficient (Wildman–Crippen LogP) is 2.87. The monoisotopic (exact) mass is 497 g/mol. The number of sulfonamides is 1. The van der Waals surface area contributed by atoms with E-state index in [9.17, 15) is 18.0 Å². The Morgan fingerprint density at radius 3 is 2.34 bits per heavy atom. The van der Waals surface area contributed by atoms with E-state index < -0.39 is 21.5 Å². The van der Waals surface area contributed by atoms with Gasteiger partial charge in [0.1, 0.15) is 11.9 Å². The number of amidine groups is 1. The summed E-state index contributed by atoms with van der Waals surface area (Å²) in [4.78, 5) is 33.1. The number of methoxy groups -OCH3 is 1. The maximum atomic E-state index is 13.7. The van der Waals surface area contributed by atoms with Crippen LogP contribution in [0.5, 0.6) is 0 Å². The molecule has 1 fully saturated rings. The molecular weight excluding hydrogens is 466 g/mol. The summed E-state index contributed by atoms with van der Waals surface area (Å²) in [6, 6.07) is 15.4. The third-order valence-electron chi connectivity index (χ3n) is 7.20. The fourth-order valence-electron chi connectivity index (χ4n) is 4.88. The van der Waals surface area contributed by atoms with Crippen molar-refractivity contribution in [3.05, 3.63) is 65.7 Å². The fourth-order valence-corrected chi connectivity index (χ4v) is 6.12. The maximum Gasteiger partial charge on any atom is 0.316 e. The van der Waals surface area contributed by atoms with Crippen LogP contribution < -0.4 is 4.72 Å². The molecule has 2 heterocycles. The lowest BCUT2D eigenvalue weighted by Crippen LogP contribution is -2.52. The summed E-state index contributed by atoms with van der Waals surface area (Å²) in [7, 11) is -2.31. The van der Waals surface area contributed by atoms with Gasteiger partial charge in [0, 0.05) is 18.7 Å². The molecule has 2 atom stereocenters. The number of carbonyl (C=O) groups is 2. The Bertz CT molecular complexity index is 1230. The SMILES string of the molecule is CC[C@H](C)[C@H](N=C1NS(=O)(=O)c2ccccc21)C(=O)N1CCC(C(=O)OC)(c2ccccc2)CC1. The van der Waals surface area contributed by atoms with E-state index in [0.29, 0.717) is 37.9 Å². The molecule has 1 amide bonds. The maximum absolute atomic E-state index is 13.7. The summed E-state index contributed by atoms with van der Waals surface area (Å²) in [5.41, 5.74) is 0.556. The number of ether oxygens (including phenoxy) is 1. The van der Waals surface area contributed by atoms with Gasteiger partial charge in [0.25, 0.3) is 10.0 Å². The highest BCUT2D eigenvalue weighted by Gasteiger charge is 2.45. The van der Waals surface area contributed by atoms with Gasteiger partial charge in [-0.05, 0) is 36.5 Å². The molecule has 2 aliphatic rings. The molecule has 0 bridgehead atoms. The lowest BCUT2D eigenvalue weighted by Gasteiger charge is -2.41. The van der Waals surface area contributed by atoms with Gasteiger partial charge in [0.2, 0.25) is 5.91 Å². The van der Waals surface area contributed by atoms with Crippen LogP contribution in [0.2, 0.25) is 0 Å². The van der Waals surface area contributed by atoms with Crippen molar-refractivity contribution in [2.45, 2.75) is 49.5 Å². The van der Waals surface area contributed by atoms with E-state index in [2.05, 4.69) is 9.71 Å². The zero-order valence-corrected chi connectivity index (χ0v) is 21.0. The number of hydrogen-bond acceptors (Lipinski definition) is 6. The third-order valence-corrected chi connectivity index (χ3v) is 8.60. The van der Waals surface area contributed by atoms with Crippen LogP contribution in [-0.4, -0.2) is 57.3 Å². The zero-order valence-electron chi connectivity index (χ0n) is 20.2. The number of esters is 1. The second-order valence-electron chi connectivity index (χ2n) is 9.17. The van der Waals surface area contributed by atoms with Gasteiger partial charge in [-0.15, -0.1) is 0 Å². The lowest BCUT2D eigenvalue weighted by atomic mass is 9.72. The molecule has 0 unspecified atom stereocenters. The molecule has 0 aromatic heterocycles. The van der Waals surface area contributed by atoms with Crippen molar-refractivity contribution in [2.75, 3.05) is 20.2 Å². The Balaban J connectivity index is 1.60. The lowest BCUT2D eigenvalue weighted by molar-refractivity contribution is -0.152. The number of fused-ring (bicyclic) bond motifs is 1. The van der Waals surface area contributed by atoms with Gasteiger partial charge in [-0.25, -0.2) is 8.42 Å². The van der Waals surface area contributed by atoms with Crippen LogP contribution >= 0.6 is 0 Å². The van der Waals surface area contributed by atoms with Gasteiger partial charge in [-0.2, -0.15) is 0 Å². The second kappa shape index (κ2) is 9.81. The van der Waals surface area contributed by atoms with Crippen LogP contribution in [0.1, 0.15) is 44.2 Å². The van der Waals surface area contributed by atoms with Gasteiger partial charge >= 0.3 is 5.97 Å². The molecule has 0 spiro atoms. The topological polar surface area (TPSA) is 105 Å². The molecular formula is C26H31N3O5S. The van der Waals surface area contributed by atoms with E-state index in [1.807, 2.05) is 44.2 Å². The summed E-state index contributed by atoms with van der Waals surface area (Å²) >= 11 is 0. The number of benzene rings is 2. The van der Waals surface area contributed by atoms with E-state index in [-0.39, 0.29) is 28.5 Å². The number of hydrogen-bond donors (Lipinski definition) is 1. The zero-order chi connectivity index (χ0) is 25.2. The van der Waals surface area contributed by atoms with E-state index >= 15 is 0 Å². The first-order chi connectivity index (χ1) is 16.7. The number of likely N-dealkylation sites (tertiary alicyclic amines) is 1. The summed E-state index contributed by atoms with van der Waals surface area (Å²) in [5.74, 6) is -0.369. The van der Waals surface area contributed by atoms with Gasteiger partial charge < -0.3 is 9.64 Å². The summed E-state index contributed by atoms with van der Waals surface area (Å²) < 4.78 is 32.7. The summed E-state index contributed by atoms with van der Waals surface area (Å²) in [6.07, 6.45) is 1.58. The van der Waals surface area contributed by atoms with Gasteiger partial charge in [-0.1, -0.05) is 62.7 Å². The molecule has 0 saturated carbocycles. The number of piperidine rings is 1. The highest BCUT2D eigenvalue weighted by atomic mass is 32.2. The minimum Gasteiger partial charge on any atom is -0.468 e. The largest absolute Gasteiger partial charge is 0.468 e. The Morgan fingerprint density at radius 2 is 1.71 bits per heavy atom. The van der Waals surface area contributed by atoms with E-state index in [0.717, 1.165) is 5.56 Å². The average Bonchev–Trinajstić information content (AvgIpc) is 3.16. The van der Waals surface area contributed by atoms with E-state index in [1.54, 1.807) is 23.1 Å². The van der Waals surface area contributed by atoms with Gasteiger partial charge in [0.15, 0.2) is 0 Å². The first-order valence-electron chi connectivity index (χ1n) is 11.9. The number of carbonyl (C=O) groups excluding carboxylic acids is 2. The second-order valence-corrected chi connectivity index (χ2v) is 10.8. The van der Waals surface area contributed by atoms with Crippen molar-refractivity contribution in [1.82, 2.24) is 9.62 Å². The molecule has 8 nitrogen and oxygen atoms in total. The van der Waals surface area contributed by atoms with Crippen LogP contribution in [0.3, 0.4) is 0 Å². The Hall–Kier alpha value is -3.20. The number of aliphatic imine (C=N–C) groups is 1. The molecule has 1 saturated heterocycles. The van der Waals surface area contributed by atoms with Crippen molar-refractivity contribution in [3.63, 3.8) is 0 Å². The van der Waals surface area contributed by atoms with Crippen LogP contribution in [-0.2, 0) is 29.8 Å². The van der Waals surface area contributed by atoms with Crippen molar-refractivity contribution >= 4 is 27.7 Å². The molecule has 186 valence electrons. The van der Waals surface area contributed by atoms with Crippen molar-refractivity contribution in [2.24, 2.45) is 10.9 Å². The van der Waals surface area contributed by atoms with Gasteiger partial charge in [-0.3, -0.25) is 19.3 Å². The van der Waals surface area contributed by atoms with E-state index in [1.165, 1.54) is 13.2 Å².